The first-order valence-corrected chi connectivity index (χ1v) is 8.70. The molecule has 2 rings (SSSR count). The first-order valence-electron chi connectivity index (χ1n) is 8.70. The number of benzene rings is 1. The normalized spacial score (nSPS) is 16.5. The number of hydrogen-bond donors (Lipinski definition) is 0. The number of hydrogen-bond acceptors (Lipinski definition) is 4. The van der Waals surface area contributed by atoms with Crippen molar-refractivity contribution in [1.29, 1.82) is 0 Å². The first kappa shape index (κ1) is 17.8. The summed E-state index contributed by atoms with van der Waals surface area (Å²) < 4.78 is 10.9. The monoisotopic (exact) mass is 319 g/mol. The molecule has 0 saturated heterocycles. The van der Waals surface area contributed by atoms with E-state index in [-0.39, 0.29) is 5.97 Å². The minimum atomic E-state index is -0.463. The van der Waals surface area contributed by atoms with E-state index >= 15 is 0 Å². The zero-order chi connectivity index (χ0) is 16.7. The van der Waals surface area contributed by atoms with E-state index < -0.39 is 5.41 Å². The Morgan fingerprint density at radius 2 is 1.74 bits per heavy atom. The fourth-order valence-electron chi connectivity index (χ4n) is 3.44. The molecular formula is C19H29NO3. The highest BCUT2D eigenvalue weighted by molar-refractivity contribution is 5.83. The molecule has 0 aliphatic heterocycles. The highest BCUT2D eigenvalue weighted by Gasteiger charge is 2.44. The summed E-state index contributed by atoms with van der Waals surface area (Å²) in [5.74, 6) is 0.754. The summed E-state index contributed by atoms with van der Waals surface area (Å²) in [5, 5.41) is 0. The van der Waals surface area contributed by atoms with Gasteiger partial charge in [0.15, 0.2) is 0 Å². The maximum atomic E-state index is 12.8. The van der Waals surface area contributed by atoms with Gasteiger partial charge in [-0.05, 0) is 43.6 Å². The maximum absolute atomic E-state index is 12.8. The standard InChI is InChI=1S/C19H29NO3/c1-4-20(5-2)14-15-23-18(21)19(12-6-7-13-19)16-8-10-17(22-3)11-9-16/h8-11H,4-7,12-15H2,1-3H3. The van der Waals surface area contributed by atoms with Crippen molar-refractivity contribution in [3.8, 4) is 5.75 Å². The molecule has 1 saturated carbocycles. The number of likely N-dealkylation sites (N-methyl/N-ethyl adjacent to an activating group) is 1. The fourth-order valence-corrected chi connectivity index (χ4v) is 3.44. The Morgan fingerprint density at radius 3 is 2.26 bits per heavy atom. The van der Waals surface area contributed by atoms with Crippen molar-refractivity contribution in [2.24, 2.45) is 0 Å². The second-order valence-corrected chi connectivity index (χ2v) is 6.18. The largest absolute Gasteiger partial charge is 0.497 e. The topological polar surface area (TPSA) is 38.8 Å². The molecule has 128 valence electrons. The summed E-state index contributed by atoms with van der Waals surface area (Å²) >= 11 is 0. The smallest absolute Gasteiger partial charge is 0.316 e. The highest BCUT2D eigenvalue weighted by Crippen LogP contribution is 2.42. The van der Waals surface area contributed by atoms with E-state index in [9.17, 15) is 4.79 Å². The molecule has 0 heterocycles. The average molecular weight is 319 g/mol. The Morgan fingerprint density at radius 1 is 1.13 bits per heavy atom. The summed E-state index contributed by atoms with van der Waals surface area (Å²) in [6.45, 7) is 7.49. The van der Waals surface area contributed by atoms with E-state index in [1.807, 2.05) is 24.3 Å². The second-order valence-electron chi connectivity index (χ2n) is 6.18. The van der Waals surface area contributed by atoms with Crippen molar-refractivity contribution in [3.05, 3.63) is 29.8 Å². The van der Waals surface area contributed by atoms with Gasteiger partial charge in [-0.15, -0.1) is 0 Å². The molecule has 0 N–H and O–H groups in total. The number of rotatable bonds is 8. The lowest BCUT2D eigenvalue weighted by Crippen LogP contribution is -2.36. The van der Waals surface area contributed by atoms with E-state index in [2.05, 4.69) is 18.7 Å². The molecule has 1 fully saturated rings. The van der Waals surface area contributed by atoms with Crippen molar-refractivity contribution >= 4 is 5.97 Å². The van der Waals surface area contributed by atoms with E-state index in [1.165, 1.54) is 0 Å². The lowest BCUT2D eigenvalue weighted by Gasteiger charge is -2.28. The van der Waals surface area contributed by atoms with E-state index in [0.29, 0.717) is 6.61 Å². The molecule has 1 aliphatic carbocycles. The molecule has 0 bridgehead atoms. The number of esters is 1. The summed E-state index contributed by atoms with van der Waals surface area (Å²) in [4.78, 5) is 15.1. The van der Waals surface area contributed by atoms with Crippen molar-refractivity contribution in [2.75, 3.05) is 33.4 Å². The van der Waals surface area contributed by atoms with Crippen molar-refractivity contribution in [1.82, 2.24) is 4.90 Å². The van der Waals surface area contributed by atoms with Crippen LogP contribution in [0.15, 0.2) is 24.3 Å². The van der Waals surface area contributed by atoms with Crippen molar-refractivity contribution in [3.63, 3.8) is 0 Å². The number of ether oxygens (including phenoxy) is 2. The summed E-state index contributed by atoms with van der Waals surface area (Å²) in [5.41, 5.74) is 0.596. The number of carbonyl (C=O) groups excluding carboxylic acids is 1. The third-order valence-electron chi connectivity index (χ3n) is 5.03. The maximum Gasteiger partial charge on any atom is 0.316 e. The Kier molecular flexibility index (Phi) is 6.46. The Bertz CT molecular complexity index is 488. The Balaban J connectivity index is 2.05. The van der Waals surface area contributed by atoms with Crippen LogP contribution < -0.4 is 4.74 Å². The molecular weight excluding hydrogens is 290 g/mol. The first-order chi connectivity index (χ1) is 11.2. The quantitative estimate of drug-likeness (QED) is 0.689. The SMILES string of the molecule is CCN(CC)CCOC(=O)C1(c2ccc(OC)cc2)CCCC1. The predicted molar refractivity (Wildman–Crippen MR) is 91.9 cm³/mol. The van der Waals surface area contributed by atoms with Gasteiger partial charge in [0.25, 0.3) is 0 Å². The molecule has 23 heavy (non-hydrogen) atoms. The van der Waals surface area contributed by atoms with Gasteiger partial charge in [-0.1, -0.05) is 38.8 Å². The van der Waals surface area contributed by atoms with Gasteiger partial charge < -0.3 is 14.4 Å². The van der Waals surface area contributed by atoms with Crippen LogP contribution in [0.2, 0.25) is 0 Å². The Labute approximate surface area is 139 Å². The van der Waals surface area contributed by atoms with Gasteiger partial charge >= 0.3 is 5.97 Å². The van der Waals surface area contributed by atoms with Crippen LogP contribution in [0.5, 0.6) is 5.75 Å². The number of nitrogens with zero attached hydrogens (tertiary/aromatic N) is 1. The molecule has 1 aromatic rings. The fraction of sp³-hybridized carbons (Fsp3) is 0.632. The third-order valence-corrected chi connectivity index (χ3v) is 5.03. The second kappa shape index (κ2) is 8.34. The van der Waals surface area contributed by atoms with Gasteiger partial charge in [-0.25, -0.2) is 0 Å². The number of carbonyl (C=O) groups is 1. The van der Waals surface area contributed by atoms with E-state index in [1.54, 1.807) is 7.11 Å². The summed E-state index contributed by atoms with van der Waals surface area (Å²) in [6, 6.07) is 7.88. The van der Waals surface area contributed by atoms with Crippen LogP contribution in [0, 0.1) is 0 Å². The van der Waals surface area contributed by atoms with Gasteiger partial charge in [0.05, 0.1) is 12.5 Å². The van der Waals surface area contributed by atoms with E-state index in [0.717, 1.165) is 56.6 Å². The highest BCUT2D eigenvalue weighted by atomic mass is 16.5. The van der Waals surface area contributed by atoms with Crippen LogP contribution in [0.4, 0.5) is 0 Å². The molecule has 0 spiro atoms. The van der Waals surface area contributed by atoms with Gasteiger partial charge in [0, 0.05) is 6.54 Å². The average Bonchev–Trinajstić information content (AvgIpc) is 3.10. The van der Waals surface area contributed by atoms with Crippen LogP contribution in [-0.2, 0) is 14.9 Å². The van der Waals surface area contributed by atoms with Gasteiger partial charge in [-0.2, -0.15) is 0 Å². The minimum Gasteiger partial charge on any atom is -0.497 e. The minimum absolute atomic E-state index is 0.0627. The van der Waals surface area contributed by atoms with Gasteiger partial charge in [0.1, 0.15) is 12.4 Å². The molecule has 1 aromatic carbocycles. The summed E-state index contributed by atoms with van der Waals surface area (Å²) in [7, 11) is 1.65. The summed E-state index contributed by atoms with van der Waals surface area (Å²) in [6.07, 6.45) is 3.92. The Hall–Kier alpha value is -1.55. The molecule has 0 atom stereocenters. The molecule has 0 aromatic heterocycles. The molecule has 0 amide bonds. The van der Waals surface area contributed by atoms with Crippen LogP contribution in [-0.4, -0.2) is 44.2 Å². The molecule has 4 nitrogen and oxygen atoms in total. The molecule has 0 radical (unpaired) electrons. The van der Waals surface area contributed by atoms with Crippen LogP contribution in [0.3, 0.4) is 0 Å². The number of methoxy groups -OCH3 is 1. The van der Waals surface area contributed by atoms with Crippen molar-refractivity contribution in [2.45, 2.75) is 44.9 Å². The lowest BCUT2D eigenvalue weighted by molar-refractivity contribution is -0.151. The predicted octanol–water partition coefficient (Wildman–Crippen LogP) is 3.39. The zero-order valence-electron chi connectivity index (χ0n) is 14.6. The van der Waals surface area contributed by atoms with Crippen molar-refractivity contribution < 1.29 is 14.3 Å². The van der Waals surface area contributed by atoms with Gasteiger partial charge in [0.2, 0.25) is 0 Å². The molecule has 4 heteroatoms. The zero-order valence-corrected chi connectivity index (χ0v) is 14.6. The van der Waals surface area contributed by atoms with Gasteiger partial charge in [-0.3, -0.25) is 4.79 Å². The van der Waals surface area contributed by atoms with Crippen LogP contribution in [0.25, 0.3) is 0 Å². The van der Waals surface area contributed by atoms with Crippen LogP contribution in [0.1, 0.15) is 45.1 Å². The third kappa shape index (κ3) is 4.05. The lowest BCUT2D eigenvalue weighted by atomic mass is 9.79. The van der Waals surface area contributed by atoms with E-state index in [4.69, 9.17) is 9.47 Å². The van der Waals surface area contributed by atoms with Crippen LogP contribution >= 0.6 is 0 Å². The molecule has 1 aliphatic rings. The molecule has 0 unspecified atom stereocenters.